The first kappa shape index (κ1) is 17.7. The fourth-order valence-electron chi connectivity index (χ4n) is 2.36. The molecular weight excluding hydrogens is 311 g/mol. The fraction of sp³-hybridized carbons (Fsp3) is 0.562. The molecule has 4 nitrogen and oxygen atoms in total. The van der Waals surface area contributed by atoms with E-state index in [1.54, 1.807) is 6.07 Å². The smallest absolute Gasteiger partial charge is 0.376 e. The predicted octanol–water partition coefficient (Wildman–Crippen LogP) is 2.99. The monoisotopic (exact) mass is 331 g/mol. The Hall–Kier alpha value is -1.60. The van der Waals surface area contributed by atoms with Gasteiger partial charge in [0.1, 0.15) is 6.10 Å². The molecule has 1 aliphatic rings. The number of hydrogen-bond donors (Lipinski definition) is 1. The summed E-state index contributed by atoms with van der Waals surface area (Å²) in [5, 5.41) is 2.02. The maximum Gasteiger partial charge on any atom is 0.412 e. The van der Waals surface area contributed by atoms with Gasteiger partial charge < -0.3 is 14.8 Å². The number of nitrogens with one attached hydrogen (secondary N) is 1. The van der Waals surface area contributed by atoms with Gasteiger partial charge in [-0.1, -0.05) is 30.3 Å². The van der Waals surface area contributed by atoms with E-state index in [4.69, 9.17) is 9.47 Å². The highest BCUT2D eigenvalue weighted by Crippen LogP contribution is 2.32. The van der Waals surface area contributed by atoms with Crippen LogP contribution in [0.1, 0.15) is 31.4 Å². The van der Waals surface area contributed by atoms with E-state index in [1.165, 1.54) is 31.2 Å². The molecule has 1 heterocycles. The minimum Gasteiger partial charge on any atom is -0.376 e. The van der Waals surface area contributed by atoms with Crippen LogP contribution in [-0.4, -0.2) is 37.5 Å². The zero-order valence-corrected chi connectivity index (χ0v) is 12.8. The Morgan fingerprint density at radius 2 is 2.09 bits per heavy atom. The van der Waals surface area contributed by atoms with Crippen molar-refractivity contribution in [2.75, 3.05) is 13.2 Å². The lowest BCUT2D eigenvalue weighted by Gasteiger charge is -2.24. The van der Waals surface area contributed by atoms with Gasteiger partial charge in [-0.25, -0.2) is 0 Å². The highest BCUT2D eigenvalue weighted by molar-refractivity contribution is 5.80. The van der Waals surface area contributed by atoms with Crippen molar-refractivity contribution in [2.24, 2.45) is 0 Å². The lowest BCUT2D eigenvalue weighted by Crippen LogP contribution is -2.43. The fourth-order valence-corrected chi connectivity index (χ4v) is 2.36. The number of halogens is 3. The summed E-state index contributed by atoms with van der Waals surface area (Å²) in [6, 6.07) is 5.22. The third-order valence-electron chi connectivity index (χ3n) is 3.67. The van der Waals surface area contributed by atoms with Gasteiger partial charge in [-0.15, -0.1) is 0 Å². The minimum absolute atomic E-state index is 0.0142. The van der Waals surface area contributed by atoms with Gasteiger partial charge in [-0.05, 0) is 25.3 Å². The van der Waals surface area contributed by atoms with Crippen molar-refractivity contribution in [1.82, 2.24) is 5.32 Å². The number of carbonyl (C=O) groups excluding carboxylic acids is 1. The molecule has 3 atom stereocenters. The van der Waals surface area contributed by atoms with E-state index in [0.717, 1.165) is 12.8 Å². The van der Waals surface area contributed by atoms with E-state index < -0.39 is 24.2 Å². The SMILES string of the molecule is CC(OCC1CCCO1)C(=O)NC(c1ccccc1)C(F)(F)F. The Morgan fingerprint density at radius 3 is 2.65 bits per heavy atom. The van der Waals surface area contributed by atoms with Crippen LogP contribution in [0.15, 0.2) is 30.3 Å². The number of benzene rings is 1. The summed E-state index contributed by atoms with van der Waals surface area (Å²) in [7, 11) is 0. The molecule has 7 heteroatoms. The van der Waals surface area contributed by atoms with Crippen molar-refractivity contribution in [1.29, 1.82) is 0 Å². The molecule has 1 aliphatic heterocycles. The molecule has 1 saturated heterocycles. The Kier molecular flexibility index (Phi) is 6.01. The Morgan fingerprint density at radius 1 is 1.39 bits per heavy atom. The average Bonchev–Trinajstić information content (AvgIpc) is 3.03. The van der Waals surface area contributed by atoms with Crippen LogP contribution in [0.2, 0.25) is 0 Å². The van der Waals surface area contributed by atoms with Crippen LogP contribution in [0.4, 0.5) is 13.2 Å². The average molecular weight is 331 g/mol. The third kappa shape index (κ3) is 5.21. The number of carbonyl (C=O) groups is 1. The normalized spacial score (nSPS) is 21.0. The molecule has 1 fully saturated rings. The van der Waals surface area contributed by atoms with E-state index in [1.807, 2.05) is 5.32 Å². The van der Waals surface area contributed by atoms with Crippen molar-refractivity contribution in [3.63, 3.8) is 0 Å². The van der Waals surface area contributed by atoms with Crippen LogP contribution in [0, 0.1) is 0 Å². The molecule has 128 valence electrons. The quantitative estimate of drug-likeness (QED) is 0.872. The van der Waals surface area contributed by atoms with Gasteiger partial charge in [-0.2, -0.15) is 13.2 Å². The molecule has 0 aliphatic carbocycles. The summed E-state index contributed by atoms with van der Waals surface area (Å²) >= 11 is 0. The molecule has 0 radical (unpaired) electrons. The topological polar surface area (TPSA) is 47.6 Å². The van der Waals surface area contributed by atoms with Crippen molar-refractivity contribution in [3.8, 4) is 0 Å². The number of alkyl halides is 3. The minimum atomic E-state index is -4.58. The molecule has 0 bridgehead atoms. The highest BCUT2D eigenvalue weighted by Gasteiger charge is 2.42. The molecular formula is C16H20F3NO3. The van der Waals surface area contributed by atoms with Gasteiger partial charge >= 0.3 is 6.18 Å². The first-order valence-corrected chi connectivity index (χ1v) is 7.53. The van der Waals surface area contributed by atoms with Crippen molar-refractivity contribution < 1.29 is 27.4 Å². The van der Waals surface area contributed by atoms with E-state index in [9.17, 15) is 18.0 Å². The lowest BCUT2D eigenvalue weighted by atomic mass is 10.1. The number of amides is 1. The van der Waals surface area contributed by atoms with E-state index >= 15 is 0 Å². The van der Waals surface area contributed by atoms with Gasteiger partial charge in [0.15, 0.2) is 6.04 Å². The summed E-state index contributed by atoms with van der Waals surface area (Å²) in [5.41, 5.74) is -0.0142. The second-order valence-electron chi connectivity index (χ2n) is 5.50. The maximum atomic E-state index is 13.2. The van der Waals surface area contributed by atoms with Crippen LogP contribution >= 0.6 is 0 Å². The van der Waals surface area contributed by atoms with Gasteiger partial charge in [0.2, 0.25) is 5.91 Å². The highest BCUT2D eigenvalue weighted by atomic mass is 19.4. The van der Waals surface area contributed by atoms with Gasteiger partial charge in [0.05, 0.1) is 12.7 Å². The van der Waals surface area contributed by atoms with Crippen LogP contribution in [-0.2, 0) is 14.3 Å². The standard InChI is InChI=1S/C16H20F3NO3/c1-11(23-10-13-8-5-9-22-13)15(21)20-14(16(17,18)19)12-6-3-2-4-7-12/h2-4,6-7,11,13-14H,5,8-10H2,1H3,(H,20,21). The Balaban J connectivity index is 1.94. The van der Waals surface area contributed by atoms with Crippen LogP contribution in [0.3, 0.4) is 0 Å². The number of hydrogen-bond acceptors (Lipinski definition) is 3. The molecule has 3 unspecified atom stereocenters. The van der Waals surface area contributed by atoms with Gasteiger partial charge in [-0.3, -0.25) is 4.79 Å². The molecule has 2 rings (SSSR count). The first-order valence-electron chi connectivity index (χ1n) is 7.53. The molecule has 0 saturated carbocycles. The molecule has 0 aromatic heterocycles. The summed E-state index contributed by atoms with van der Waals surface area (Å²) in [4.78, 5) is 12.0. The third-order valence-corrected chi connectivity index (χ3v) is 3.67. The second-order valence-corrected chi connectivity index (χ2v) is 5.50. The largest absolute Gasteiger partial charge is 0.412 e. The first-order chi connectivity index (χ1) is 10.9. The molecule has 1 aromatic rings. The van der Waals surface area contributed by atoms with E-state index in [2.05, 4.69) is 0 Å². The summed E-state index contributed by atoms with van der Waals surface area (Å²) < 4.78 is 50.2. The Bertz CT molecular complexity index is 501. The number of rotatable bonds is 6. The maximum absolute atomic E-state index is 13.2. The molecule has 1 aromatic carbocycles. The molecule has 0 spiro atoms. The molecule has 1 N–H and O–H groups in total. The number of ether oxygens (including phenoxy) is 2. The van der Waals surface area contributed by atoms with Crippen molar-refractivity contribution in [2.45, 2.75) is 44.2 Å². The van der Waals surface area contributed by atoms with E-state index in [-0.39, 0.29) is 18.3 Å². The van der Waals surface area contributed by atoms with Gasteiger partial charge in [0, 0.05) is 6.61 Å². The van der Waals surface area contributed by atoms with Crippen molar-refractivity contribution >= 4 is 5.91 Å². The molecule has 23 heavy (non-hydrogen) atoms. The predicted molar refractivity (Wildman–Crippen MR) is 77.8 cm³/mol. The van der Waals surface area contributed by atoms with E-state index in [0.29, 0.717) is 6.61 Å². The Labute approximate surface area is 133 Å². The summed E-state index contributed by atoms with van der Waals surface area (Å²) in [6.07, 6.45) is -3.88. The zero-order chi connectivity index (χ0) is 16.9. The van der Waals surface area contributed by atoms with Crippen LogP contribution < -0.4 is 5.32 Å². The summed E-state index contributed by atoms with van der Waals surface area (Å²) in [5.74, 6) is -0.797. The van der Waals surface area contributed by atoms with Crippen LogP contribution in [0.5, 0.6) is 0 Å². The lowest BCUT2D eigenvalue weighted by molar-refractivity contribution is -0.167. The summed E-state index contributed by atoms with van der Waals surface area (Å²) in [6.45, 7) is 2.29. The zero-order valence-electron chi connectivity index (χ0n) is 12.8. The van der Waals surface area contributed by atoms with Crippen molar-refractivity contribution in [3.05, 3.63) is 35.9 Å². The molecule has 1 amide bonds. The second kappa shape index (κ2) is 7.79. The van der Waals surface area contributed by atoms with Crippen LogP contribution in [0.25, 0.3) is 0 Å². The van der Waals surface area contributed by atoms with Gasteiger partial charge in [0.25, 0.3) is 0 Å².